The molecule has 0 spiro atoms. The first-order valence-corrected chi connectivity index (χ1v) is 9.88. The van der Waals surface area contributed by atoms with Crippen molar-refractivity contribution in [1.29, 1.82) is 0 Å². The Bertz CT molecular complexity index is 413. The van der Waals surface area contributed by atoms with E-state index < -0.39 is 10.0 Å². The van der Waals surface area contributed by atoms with E-state index in [1.807, 2.05) is 14.0 Å². The number of sulfonamides is 1. The van der Waals surface area contributed by atoms with Gasteiger partial charge in [0.05, 0.1) is 11.9 Å². The summed E-state index contributed by atoms with van der Waals surface area (Å²) in [6.07, 6.45) is 5.24. The van der Waals surface area contributed by atoms with E-state index in [0.717, 1.165) is 25.7 Å². The maximum atomic E-state index is 11.7. The lowest BCUT2D eigenvalue weighted by Gasteiger charge is -2.40. The molecule has 0 aromatic heterocycles. The Morgan fingerprint density at radius 3 is 2.57 bits per heavy atom. The van der Waals surface area contributed by atoms with Crippen molar-refractivity contribution in [2.45, 2.75) is 58.1 Å². The average molecular weight is 320 g/mol. The summed E-state index contributed by atoms with van der Waals surface area (Å²) in [7, 11) is -1.10. The first-order chi connectivity index (χ1) is 9.76. The van der Waals surface area contributed by atoms with Crippen molar-refractivity contribution in [2.75, 3.05) is 33.0 Å². The molecular formula is C15H32N2O3S. The molecule has 1 aliphatic rings. The van der Waals surface area contributed by atoms with Crippen LogP contribution in [0.2, 0.25) is 0 Å². The summed E-state index contributed by atoms with van der Waals surface area (Å²) >= 11 is 0. The van der Waals surface area contributed by atoms with Gasteiger partial charge in [-0.25, -0.2) is 12.7 Å². The third-order valence-electron chi connectivity index (χ3n) is 4.78. The minimum Gasteiger partial charge on any atom is -0.374 e. The molecule has 1 N–H and O–H groups in total. The number of hydrogen-bond donors (Lipinski definition) is 1. The van der Waals surface area contributed by atoms with Gasteiger partial charge in [0.2, 0.25) is 10.0 Å². The highest BCUT2D eigenvalue weighted by Crippen LogP contribution is 2.29. The molecule has 0 saturated carbocycles. The summed E-state index contributed by atoms with van der Waals surface area (Å²) < 4.78 is 31.1. The van der Waals surface area contributed by atoms with Crippen molar-refractivity contribution in [2.24, 2.45) is 5.92 Å². The minimum atomic E-state index is -3.07. The zero-order valence-corrected chi connectivity index (χ0v) is 15.0. The molecule has 1 rings (SSSR count). The average Bonchev–Trinajstić information content (AvgIpc) is 2.44. The highest BCUT2D eigenvalue weighted by atomic mass is 32.2. The van der Waals surface area contributed by atoms with E-state index in [1.165, 1.54) is 6.26 Å². The third kappa shape index (κ3) is 5.20. The van der Waals surface area contributed by atoms with Crippen molar-refractivity contribution in [1.82, 2.24) is 9.62 Å². The molecule has 21 heavy (non-hydrogen) atoms. The zero-order chi connectivity index (χ0) is 16.1. The Balaban J connectivity index is 2.72. The second-order valence-electron chi connectivity index (χ2n) is 6.31. The molecule has 1 heterocycles. The van der Waals surface area contributed by atoms with Gasteiger partial charge < -0.3 is 10.1 Å². The molecule has 6 heteroatoms. The smallest absolute Gasteiger partial charge is 0.211 e. The number of piperidine rings is 1. The summed E-state index contributed by atoms with van der Waals surface area (Å²) in [5.41, 5.74) is -0.198. The first kappa shape index (κ1) is 18.9. The number of nitrogens with one attached hydrogen (secondary N) is 1. The van der Waals surface area contributed by atoms with E-state index in [4.69, 9.17) is 4.74 Å². The van der Waals surface area contributed by atoms with E-state index >= 15 is 0 Å². The Morgan fingerprint density at radius 2 is 2.10 bits per heavy atom. The van der Waals surface area contributed by atoms with Crippen LogP contribution in [0.15, 0.2) is 0 Å². The van der Waals surface area contributed by atoms with Crippen LogP contribution in [0.25, 0.3) is 0 Å². The van der Waals surface area contributed by atoms with Crippen LogP contribution in [-0.2, 0) is 14.8 Å². The molecular weight excluding hydrogens is 288 g/mol. The van der Waals surface area contributed by atoms with E-state index in [-0.39, 0.29) is 11.6 Å². The van der Waals surface area contributed by atoms with Crippen LogP contribution in [0, 0.1) is 5.92 Å². The van der Waals surface area contributed by atoms with Crippen molar-refractivity contribution >= 4 is 10.0 Å². The number of hydrogen-bond acceptors (Lipinski definition) is 4. The normalized spacial score (nSPS) is 25.5. The molecule has 1 fully saturated rings. The Morgan fingerprint density at radius 1 is 1.43 bits per heavy atom. The molecule has 1 aliphatic heterocycles. The Kier molecular flexibility index (Phi) is 7.10. The van der Waals surface area contributed by atoms with Crippen LogP contribution in [-0.4, -0.2) is 57.4 Å². The van der Waals surface area contributed by atoms with Gasteiger partial charge >= 0.3 is 0 Å². The molecule has 3 unspecified atom stereocenters. The first-order valence-electron chi connectivity index (χ1n) is 8.03. The fraction of sp³-hybridized carbons (Fsp3) is 1.00. The highest BCUT2D eigenvalue weighted by Gasteiger charge is 2.35. The molecule has 5 nitrogen and oxygen atoms in total. The summed E-state index contributed by atoms with van der Waals surface area (Å²) in [6, 6.07) is 0.243. The molecule has 0 aliphatic carbocycles. The van der Waals surface area contributed by atoms with Gasteiger partial charge in [0.15, 0.2) is 0 Å². The second kappa shape index (κ2) is 7.90. The van der Waals surface area contributed by atoms with Crippen LogP contribution < -0.4 is 5.32 Å². The summed E-state index contributed by atoms with van der Waals surface area (Å²) in [5, 5.41) is 3.39. The number of ether oxygens (including phenoxy) is 1. The highest BCUT2D eigenvalue weighted by molar-refractivity contribution is 7.88. The van der Waals surface area contributed by atoms with E-state index in [9.17, 15) is 8.42 Å². The maximum Gasteiger partial charge on any atom is 0.211 e. The lowest BCUT2D eigenvalue weighted by Crippen LogP contribution is -2.51. The largest absolute Gasteiger partial charge is 0.374 e. The van der Waals surface area contributed by atoms with E-state index in [0.29, 0.717) is 25.6 Å². The predicted molar refractivity (Wildman–Crippen MR) is 86.9 cm³/mol. The van der Waals surface area contributed by atoms with E-state index in [2.05, 4.69) is 19.2 Å². The van der Waals surface area contributed by atoms with Gasteiger partial charge in [0.1, 0.15) is 0 Å². The van der Waals surface area contributed by atoms with Gasteiger partial charge in [0.25, 0.3) is 0 Å². The van der Waals surface area contributed by atoms with Crippen molar-refractivity contribution in [3.63, 3.8) is 0 Å². The lowest BCUT2D eigenvalue weighted by atomic mass is 9.83. The van der Waals surface area contributed by atoms with Gasteiger partial charge in [-0.2, -0.15) is 0 Å². The van der Waals surface area contributed by atoms with Crippen molar-refractivity contribution in [3.8, 4) is 0 Å². The van der Waals surface area contributed by atoms with Crippen LogP contribution in [0.5, 0.6) is 0 Å². The molecule has 0 radical (unpaired) electrons. The minimum absolute atomic E-state index is 0.198. The van der Waals surface area contributed by atoms with Gasteiger partial charge in [-0.05, 0) is 52.5 Å². The van der Waals surface area contributed by atoms with Crippen molar-refractivity contribution in [3.05, 3.63) is 0 Å². The molecule has 0 aromatic rings. The molecule has 1 saturated heterocycles. The number of likely N-dealkylation sites (N-methyl/N-ethyl adjacent to an activating group) is 1. The van der Waals surface area contributed by atoms with Crippen LogP contribution in [0.3, 0.4) is 0 Å². The van der Waals surface area contributed by atoms with Gasteiger partial charge in [-0.1, -0.05) is 6.92 Å². The zero-order valence-electron chi connectivity index (χ0n) is 14.2. The molecule has 0 amide bonds. The molecule has 0 aromatic carbocycles. The lowest BCUT2D eigenvalue weighted by molar-refractivity contribution is -0.0598. The quantitative estimate of drug-likeness (QED) is 0.741. The van der Waals surface area contributed by atoms with Crippen LogP contribution in [0.4, 0.5) is 0 Å². The predicted octanol–water partition coefficient (Wildman–Crippen LogP) is 1.84. The van der Waals surface area contributed by atoms with Crippen LogP contribution >= 0.6 is 0 Å². The number of rotatable bonds is 8. The fourth-order valence-corrected chi connectivity index (χ4v) is 4.25. The third-order valence-corrected chi connectivity index (χ3v) is 6.05. The fourth-order valence-electron chi connectivity index (χ4n) is 3.31. The summed E-state index contributed by atoms with van der Waals surface area (Å²) in [5.74, 6) is 0.400. The van der Waals surface area contributed by atoms with Gasteiger partial charge in [-0.3, -0.25) is 0 Å². The Labute approximate surface area is 130 Å². The summed E-state index contributed by atoms with van der Waals surface area (Å²) in [6.45, 7) is 8.31. The Hall–Kier alpha value is -0.170. The maximum absolute atomic E-state index is 11.7. The SMILES string of the molecule is CCOC(C)(CC)C(CC1CCCN(S(C)(=O)=O)C1)NC. The topological polar surface area (TPSA) is 58.6 Å². The van der Waals surface area contributed by atoms with Crippen molar-refractivity contribution < 1.29 is 13.2 Å². The summed E-state index contributed by atoms with van der Waals surface area (Å²) in [4.78, 5) is 0. The van der Waals surface area contributed by atoms with Crippen LogP contribution in [0.1, 0.15) is 46.5 Å². The molecule has 3 atom stereocenters. The number of nitrogens with zero attached hydrogens (tertiary/aromatic N) is 1. The second-order valence-corrected chi connectivity index (χ2v) is 8.29. The van der Waals surface area contributed by atoms with Gasteiger partial charge in [-0.15, -0.1) is 0 Å². The molecule has 0 bridgehead atoms. The molecule has 126 valence electrons. The van der Waals surface area contributed by atoms with Gasteiger partial charge in [0, 0.05) is 25.7 Å². The monoisotopic (exact) mass is 320 g/mol. The standard InChI is InChI=1S/C15H32N2O3S/c1-6-15(3,20-7-2)14(16-4)11-13-9-8-10-17(12-13)21(5,18)19/h13-14,16H,6-12H2,1-5H3. The van der Waals surface area contributed by atoms with E-state index in [1.54, 1.807) is 4.31 Å².